The highest BCUT2D eigenvalue weighted by atomic mass is 35.5. The lowest BCUT2D eigenvalue weighted by Crippen LogP contribution is -2.43. The van der Waals surface area contributed by atoms with Crippen LogP contribution in [0, 0.1) is 0 Å². The van der Waals surface area contributed by atoms with Crippen LogP contribution in [0.3, 0.4) is 0 Å². The lowest BCUT2D eigenvalue weighted by atomic mass is 10.1. The van der Waals surface area contributed by atoms with Crippen molar-refractivity contribution in [3.63, 3.8) is 0 Å². The highest BCUT2D eigenvalue weighted by molar-refractivity contribution is 6.33. The normalized spacial score (nSPS) is 11.4. The number of esters is 1. The summed E-state index contributed by atoms with van der Waals surface area (Å²) in [5, 5.41) is 2.97. The Labute approximate surface area is 185 Å². The Morgan fingerprint density at radius 2 is 1.42 bits per heavy atom. The maximum absolute atomic E-state index is 12.7. The first-order valence-electron chi connectivity index (χ1n) is 9.73. The zero-order valence-electron chi connectivity index (χ0n) is 16.8. The zero-order valence-corrected chi connectivity index (χ0v) is 17.5. The molecule has 1 amide bonds. The van der Waals surface area contributed by atoms with Crippen molar-refractivity contribution in [1.82, 2.24) is 5.32 Å². The maximum atomic E-state index is 12.7. The smallest absolute Gasteiger partial charge is 0.408 e. The summed E-state index contributed by atoms with van der Waals surface area (Å²) in [4.78, 5) is 25.1. The summed E-state index contributed by atoms with van der Waals surface area (Å²) in [5.74, 6) is -0.575. The molecule has 0 aliphatic rings. The number of alkyl carbamates (subject to hydrolysis) is 1. The second kappa shape index (κ2) is 11.0. The molecule has 3 aromatic rings. The van der Waals surface area contributed by atoms with E-state index in [0.717, 1.165) is 16.7 Å². The third-order valence-electron chi connectivity index (χ3n) is 4.52. The van der Waals surface area contributed by atoms with Crippen molar-refractivity contribution in [3.8, 4) is 0 Å². The zero-order chi connectivity index (χ0) is 22.1. The summed E-state index contributed by atoms with van der Waals surface area (Å²) in [6, 6.07) is 22.7. The molecule has 3 aromatic carbocycles. The molecule has 0 fully saturated rings. The number of amides is 1. The van der Waals surface area contributed by atoms with E-state index >= 15 is 0 Å². The van der Waals surface area contributed by atoms with Crippen molar-refractivity contribution in [3.05, 3.63) is 101 Å². The molecule has 160 valence electrons. The van der Waals surface area contributed by atoms with Crippen LogP contribution in [0.4, 0.5) is 10.5 Å². The molecular formula is C24H23ClN2O4. The van der Waals surface area contributed by atoms with Gasteiger partial charge in [-0.25, -0.2) is 9.59 Å². The van der Waals surface area contributed by atoms with Gasteiger partial charge in [0.15, 0.2) is 0 Å². The van der Waals surface area contributed by atoms with Crippen LogP contribution in [0.15, 0.2) is 78.9 Å². The van der Waals surface area contributed by atoms with E-state index in [1.54, 1.807) is 18.2 Å². The van der Waals surface area contributed by atoms with Gasteiger partial charge in [-0.15, -0.1) is 0 Å². The van der Waals surface area contributed by atoms with Crippen LogP contribution >= 0.6 is 11.6 Å². The molecule has 3 N–H and O–H groups in total. The Kier molecular flexibility index (Phi) is 7.90. The molecule has 0 aliphatic heterocycles. The molecule has 0 heterocycles. The van der Waals surface area contributed by atoms with Crippen LogP contribution in [0.25, 0.3) is 0 Å². The van der Waals surface area contributed by atoms with Crippen LogP contribution < -0.4 is 11.1 Å². The van der Waals surface area contributed by atoms with Crippen molar-refractivity contribution >= 4 is 29.4 Å². The van der Waals surface area contributed by atoms with Gasteiger partial charge in [-0.2, -0.15) is 0 Å². The van der Waals surface area contributed by atoms with E-state index < -0.39 is 18.1 Å². The van der Waals surface area contributed by atoms with Crippen molar-refractivity contribution in [2.45, 2.75) is 25.7 Å². The van der Waals surface area contributed by atoms with Crippen molar-refractivity contribution in [2.24, 2.45) is 0 Å². The standard InChI is InChI=1S/C24H23ClN2O4/c25-20-13-19(11-12-21(20)26)14-22(23(28)30-15-17-7-3-1-4-8-17)27-24(29)31-16-18-9-5-2-6-10-18/h1-13,22H,14-16,26H2,(H,27,29). The number of hydrogen-bond donors (Lipinski definition) is 2. The number of carbonyl (C=O) groups excluding carboxylic acids is 2. The first kappa shape index (κ1) is 22.2. The van der Waals surface area contributed by atoms with Gasteiger partial charge in [-0.3, -0.25) is 0 Å². The molecule has 0 aliphatic carbocycles. The first-order valence-corrected chi connectivity index (χ1v) is 10.1. The maximum Gasteiger partial charge on any atom is 0.408 e. The fourth-order valence-electron chi connectivity index (χ4n) is 2.86. The summed E-state index contributed by atoms with van der Waals surface area (Å²) in [7, 11) is 0. The van der Waals surface area contributed by atoms with Crippen molar-refractivity contribution < 1.29 is 19.1 Å². The van der Waals surface area contributed by atoms with E-state index in [1.807, 2.05) is 60.7 Å². The van der Waals surface area contributed by atoms with Gasteiger partial charge in [0.25, 0.3) is 0 Å². The third-order valence-corrected chi connectivity index (χ3v) is 4.85. The van der Waals surface area contributed by atoms with E-state index in [1.165, 1.54) is 0 Å². The minimum absolute atomic E-state index is 0.0894. The van der Waals surface area contributed by atoms with Crippen LogP contribution in [0.5, 0.6) is 0 Å². The fourth-order valence-corrected chi connectivity index (χ4v) is 3.07. The number of ether oxygens (including phenoxy) is 2. The van der Waals surface area contributed by atoms with E-state index in [0.29, 0.717) is 10.7 Å². The molecule has 7 heteroatoms. The monoisotopic (exact) mass is 438 g/mol. The Balaban J connectivity index is 1.65. The van der Waals surface area contributed by atoms with E-state index in [2.05, 4.69) is 5.32 Å². The van der Waals surface area contributed by atoms with E-state index in [4.69, 9.17) is 26.8 Å². The topological polar surface area (TPSA) is 90.6 Å². The third kappa shape index (κ3) is 7.04. The number of carbonyl (C=O) groups is 2. The van der Waals surface area contributed by atoms with Gasteiger partial charge in [0.2, 0.25) is 0 Å². The molecule has 0 saturated heterocycles. The van der Waals surface area contributed by atoms with Crippen molar-refractivity contribution in [2.75, 3.05) is 5.73 Å². The number of halogens is 1. The van der Waals surface area contributed by atoms with Gasteiger partial charge < -0.3 is 20.5 Å². The Morgan fingerprint density at radius 3 is 2.00 bits per heavy atom. The van der Waals surface area contributed by atoms with Gasteiger partial charge in [0, 0.05) is 6.42 Å². The predicted octanol–water partition coefficient (Wildman–Crippen LogP) is 4.50. The van der Waals surface area contributed by atoms with Gasteiger partial charge in [-0.1, -0.05) is 78.3 Å². The number of nitrogens with two attached hydrogens (primary N) is 1. The number of rotatable bonds is 8. The summed E-state index contributed by atoms with van der Waals surface area (Å²) in [6.45, 7) is 0.186. The highest BCUT2D eigenvalue weighted by Gasteiger charge is 2.24. The molecule has 0 aromatic heterocycles. The van der Waals surface area contributed by atoms with E-state index in [-0.39, 0.29) is 19.6 Å². The van der Waals surface area contributed by atoms with Crippen LogP contribution in [-0.4, -0.2) is 18.1 Å². The molecule has 6 nitrogen and oxygen atoms in total. The number of nitrogen functional groups attached to an aromatic ring is 1. The molecule has 0 saturated carbocycles. The number of hydrogen-bond acceptors (Lipinski definition) is 5. The molecule has 0 radical (unpaired) electrons. The molecule has 1 unspecified atom stereocenters. The minimum Gasteiger partial charge on any atom is -0.459 e. The molecule has 1 atom stereocenters. The summed E-state index contributed by atoms with van der Waals surface area (Å²) < 4.78 is 10.7. The van der Waals surface area contributed by atoms with E-state index in [9.17, 15) is 9.59 Å². The average molecular weight is 439 g/mol. The molecule has 31 heavy (non-hydrogen) atoms. The quantitative estimate of drug-likeness (QED) is 0.399. The highest BCUT2D eigenvalue weighted by Crippen LogP contribution is 2.21. The molecule has 3 rings (SSSR count). The fraction of sp³-hybridized carbons (Fsp3) is 0.167. The number of nitrogens with one attached hydrogen (secondary N) is 1. The SMILES string of the molecule is Nc1ccc(CC(NC(=O)OCc2ccccc2)C(=O)OCc2ccccc2)cc1Cl. The van der Waals surface area contributed by atoms with Crippen LogP contribution in [0.1, 0.15) is 16.7 Å². The lowest BCUT2D eigenvalue weighted by Gasteiger charge is -2.18. The average Bonchev–Trinajstić information content (AvgIpc) is 2.79. The molecule has 0 spiro atoms. The van der Waals surface area contributed by atoms with Gasteiger partial charge >= 0.3 is 12.1 Å². The Bertz CT molecular complexity index is 1010. The molecule has 0 bridgehead atoms. The summed E-state index contributed by atoms with van der Waals surface area (Å²) >= 11 is 6.09. The Hall–Kier alpha value is -3.51. The Morgan fingerprint density at radius 1 is 0.839 bits per heavy atom. The number of anilines is 1. The van der Waals surface area contributed by atoms with Gasteiger partial charge in [-0.05, 0) is 28.8 Å². The largest absolute Gasteiger partial charge is 0.459 e. The van der Waals surface area contributed by atoms with Crippen LogP contribution in [-0.2, 0) is 33.9 Å². The predicted molar refractivity (Wildman–Crippen MR) is 119 cm³/mol. The summed E-state index contributed by atoms with van der Waals surface area (Å²) in [5.41, 5.74) is 8.60. The van der Waals surface area contributed by atoms with Gasteiger partial charge in [0.05, 0.1) is 10.7 Å². The second-order valence-corrected chi connectivity index (χ2v) is 7.32. The first-order chi connectivity index (χ1) is 15.0. The minimum atomic E-state index is -0.952. The van der Waals surface area contributed by atoms with Crippen molar-refractivity contribution in [1.29, 1.82) is 0 Å². The van der Waals surface area contributed by atoms with Crippen LogP contribution in [0.2, 0.25) is 5.02 Å². The molecular weight excluding hydrogens is 416 g/mol. The van der Waals surface area contributed by atoms with Gasteiger partial charge in [0.1, 0.15) is 19.3 Å². The lowest BCUT2D eigenvalue weighted by molar-refractivity contribution is -0.147. The second-order valence-electron chi connectivity index (χ2n) is 6.91. The number of benzene rings is 3. The summed E-state index contributed by atoms with van der Waals surface area (Å²) in [6.07, 6.45) is -0.541.